The number of nitrogens with zero attached hydrogens (tertiary/aromatic N) is 4. The lowest BCUT2D eigenvalue weighted by Gasteiger charge is -2.25. The molecule has 1 saturated heterocycles. The number of aromatic nitrogens is 3. The van der Waals surface area contributed by atoms with Crippen molar-refractivity contribution in [1.82, 2.24) is 30.5 Å². The summed E-state index contributed by atoms with van der Waals surface area (Å²) in [4.78, 5) is 39.0. The van der Waals surface area contributed by atoms with E-state index in [-0.39, 0.29) is 13.1 Å². The van der Waals surface area contributed by atoms with E-state index in [1.165, 1.54) is 23.3 Å². The van der Waals surface area contributed by atoms with E-state index in [1.54, 1.807) is 0 Å². The maximum atomic E-state index is 11.9. The van der Waals surface area contributed by atoms with E-state index < -0.39 is 17.7 Å². The molecule has 1 fully saturated rings. The third kappa shape index (κ3) is 3.94. The van der Waals surface area contributed by atoms with Crippen molar-refractivity contribution in [3.8, 4) is 11.4 Å². The van der Waals surface area contributed by atoms with Crippen LogP contribution in [0, 0.1) is 13.8 Å². The molecule has 2 aromatic rings. The number of amides is 3. The van der Waals surface area contributed by atoms with Gasteiger partial charge < -0.3 is 5.32 Å². The Morgan fingerprint density at radius 2 is 1.96 bits per heavy atom. The normalized spacial score (nSPS) is 14.6. The molecule has 0 unspecified atom stereocenters. The van der Waals surface area contributed by atoms with Crippen LogP contribution >= 0.6 is 0 Å². The minimum atomic E-state index is -0.796. The molecular formula is C17H18N6O3. The second kappa shape index (κ2) is 7.18. The summed E-state index contributed by atoms with van der Waals surface area (Å²) in [5.74, 6) is -1.54. The summed E-state index contributed by atoms with van der Waals surface area (Å²) in [6.07, 6.45) is 4.11. The van der Waals surface area contributed by atoms with Crippen molar-refractivity contribution in [2.75, 3.05) is 13.1 Å². The van der Waals surface area contributed by atoms with E-state index in [9.17, 15) is 14.4 Å². The molecule has 1 aliphatic rings. The zero-order chi connectivity index (χ0) is 18.7. The second-order valence-electron chi connectivity index (χ2n) is 5.93. The van der Waals surface area contributed by atoms with E-state index in [0.717, 1.165) is 21.7 Å². The van der Waals surface area contributed by atoms with Crippen molar-refractivity contribution in [2.24, 2.45) is 0 Å². The molecule has 0 bridgehead atoms. The van der Waals surface area contributed by atoms with Gasteiger partial charge in [0.05, 0.1) is 6.54 Å². The number of hydrogen-bond acceptors (Lipinski definition) is 5. The molecule has 26 heavy (non-hydrogen) atoms. The molecule has 0 saturated carbocycles. The molecule has 1 aromatic carbocycles. The van der Waals surface area contributed by atoms with Gasteiger partial charge >= 0.3 is 11.8 Å². The van der Waals surface area contributed by atoms with Crippen molar-refractivity contribution in [2.45, 2.75) is 13.8 Å². The molecule has 134 valence electrons. The molecule has 9 nitrogen and oxygen atoms in total. The summed E-state index contributed by atoms with van der Waals surface area (Å²) in [5.41, 5.74) is 5.48. The van der Waals surface area contributed by atoms with Crippen molar-refractivity contribution in [3.63, 3.8) is 0 Å². The first-order valence-electron chi connectivity index (χ1n) is 8.01. The summed E-state index contributed by atoms with van der Waals surface area (Å²) in [6, 6.07) is 6.03. The Bertz CT molecular complexity index is 881. The summed E-state index contributed by atoms with van der Waals surface area (Å²) in [6.45, 7) is 4.50. The highest BCUT2D eigenvalue weighted by Gasteiger charge is 2.26. The van der Waals surface area contributed by atoms with Crippen LogP contribution in [0.2, 0.25) is 0 Å². The van der Waals surface area contributed by atoms with Gasteiger partial charge in [0, 0.05) is 24.4 Å². The minimum Gasteiger partial charge on any atom is -0.346 e. The van der Waals surface area contributed by atoms with Crippen LogP contribution in [-0.2, 0) is 14.4 Å². The highest BCUT2D eigenvalue weighted by molar-refractivity contribution is 6.35. The number of aryl methyl sites for hydroxylation is 2. The quantitative estimate of drug-likeness (QED) is 0.594. The first-order valence-corrected chi connectivity index (χ1v) is 8.01. The maximum absolute atomic E-state index is 11.9. The SMILES string of the molecule is Cc1cc(C)cc(-c2ncn(/C=C\C(=O)NN3CCNC(=O)C3=O)n2)c1. The Morgan fingerprint density at radius 3 is 2.69 bits per heavy atom. The number of carbonyl (C=O) groups excluding carboxylic acids is 3. The molecule has 2 heterocycles. The molecule has 9 heteroatoms. The summed E-state index contributed by atoms with van der Waals surface area (Å²) in [5, 5.41) is 7.68. The van der Waals surface area contributed by atoms with Crippen LogP contribution in [0.5, 0.6) is 0 Å². The molecule has 0 aliphatic carbocycles. The van der Waals surface area contributed by atoms with E-state index >= 15 is 0 Å². The van der Waals surface area contributed by atoms with Gasteiger partial charge in [0.1, 0.15) is 6.33 Å². The Labute approximate surface area is 149 Å². The molecule has 1 aromatic heterocycles. The number of hydrogen-bond donors (Lipinski definition) is 2. The van der Waals surface area contributed by atoms with Crippen LogP contribution in [0.1, 0.15) is 11.1 Å². The van der Waals surface area contributed by atoms with Gasteiger partial charge in [-0.1, -0.05) is 17.2 Å². The van der Waals surface area contributed by atoms with Gasteiger partial charge in [0.2, 0.25) is 0 Å². The van der Waals surface area contributed by atoms with E-state index in [4.69, 9.17) is 0 Å². The van der Waals surface area contributed by atoms with E-state index in [2.05, 4.69) is 26.9 Å². The van der Waals surface area contributed by atoms with E-state index in [0.29, 0.717) is 5.82 Å². The lowest BCUT2D eigenvalue weighted by Crippen LogP contribution is -2.58. The van der Waals surface area contributed by atoms with Gasteiger partial charge in [-0.2, -0.15) is 0 Å². The predicted octanol–water partition coefficient (Wildman–Crippen LogP) is 0.0222. The molecule has 0 atom stereocenters. The van der Waals surface area contributed by atoms with Crippen LogP contribution in [0.3, 0.4) is 0 Å². The third-order valence-electron chi connectivity index (χ3n) is 3.67. The number of piperazine rings is 1. The molecule has 2 N–H and O–H groups in total. The Morgan fingerprint density at radius 1 is 1.23 bits per heavy atom. The predicted molar refractivity (Wildman–Crippen MR) is 93.1 cm³/mol. The fraction of sp³-hybridized carbons (Fsp3) is 0.235. The van der Waals surface area contributed by atoms with Gasteiger partial charge in [0.15, 0.2) is 5.82 Å². The average Bonchev–Trinajstić information content (AvgIpc) is 3.05. The van der Waals surface area contributed by atoms with Gasteiger partial charge in [0.25, 0.3) is 5.91 Å². The Hall–Kier alpha value is -3.49. The number of nitrogens with one attached hydrogen (secondary N) is 2. The zero-order valence-electron chi connectivity index (χ0n) is 14.4. The molecule has 1 aliphatic heterocycles. The molecular weight excluding hydrogens is 336 g/mol. The highest BCUT2D eigenvalue weighted by atomic mass is 16.2. The smallest absolute Gasteiger partial charge is 0.330 e. The van der Waals surface area contributed by atoms with Gasteiger partial charge in [-0.15, -0.1) is 5.10 Å². The fourth-order valence-corrected chi connectivity index (χ4v) is 2.58. The fourth-order valence-electron chi connectivity index (χ4n) is 2.58. The Balaban J connectivity index is 1.65. The highest BCUT2D eigenvalue weighted by Crippen LogP contribution is 2.18. The molecule has 0 spiro atoms. The number of carbonyl (C=O) groups is 3. The summed E-state index contributed by atoms with van der Waals surface area (Å²) >= 11 is 0. The maximum Gasteiger partial charge on any atom is 0.330 e. The minimum absolute atomic E-state index is 0.213. The van der Waals surface area contributed by atoms with Crippen LogP contribution in [0.15, 0.2) is 30.6 Å². The topological polar surface area (TPSA) is 109 Å². The van der Waals surface area contributed by atoms with Crippen molar-refractivity contribution < 1.29 is 14.4 Å². The lowest BCUT2D eigenvalue weighted by atomic mass is 10.1. The van der Waals surface area contributed by atoms with Crippen molar-refractivity contribution in [1.29, 1.82) is 0 Å². The van der Waals surface area contributed by atoms with E-state index in [1.807, 2.05) is 26.0 Å². The van der Waals surface area contributed by atoms with Gasteiger partial charge in [-0.3, -0.25) is 19.8 Å². The monoisotopic (exact) mass is 354 g/mol. The van der Waals surface area contributed by atoms with Crippen LogP contribution in [0.4, 0.5) is 0 Å². The lowest BCUT2D eigenvalue weighted by molar-refractivity contribution is -0.152. The summed E-state index contributed by atoms with van der Waals surface area (Å²) in [7, 11) is 0. The molecule has 3 amide bonds. The number of rotatable bonds is 4. The largest absolute Gasteiger partial charge is 0.346 e. The van der Waals surface area contributed by atoms with Gasteiger partial charge in [-0.05, 0) is 26.0 Å². The van der Waals surface area contributed by atoms with Crippen molar-refractivity contribution in [3.05, 3.63) is 41.7 Å². The van der Waals surface area contributed by atoms with Crippen LogP contribution in [0.25, 0.3) is 17.6 Å². The van der Waals surface area contributed by atoms with Crippen LogP contribution in [-0.4, -0.2) is 50.6 Å². The average molecular weight is 354 g/mol. The third-order valence-corrected chi connectivity index (χ3v) is 3.67. The first-order chi connectivity index (χ1) is 12.4. The standard InChI is InChI=1S/C17H18N6O3/c1-11-7-12(2)9-13(8-11)15-19-10-22(21-15)5-3-14(24)20-23-6-4-18-16(25)17(23)26/h3,5,7-10H,4,6H2,1-2H3,(H,18,25)(H,20,24)/b5-3-. The number of benzene rings is 1. The molecule has 3 rings (SSSR count). The van der Waals surface area contributed by atoms with Crippen molar-refractivity contribution >= 4 is 23.9 Å². The first kappa shape index (κ1) is 17.3. The molecule has 0 radical (unpaired) electrons. The van der Waals surface area contributed by atoms with Gasteiger partial charge in [-0.25, -0.2) is 14.7 Å². The zero-order valence-corrected chi connectivity index (χ0v) is 14.4. The Kier molecular flexibility index (Phi) is 4.78. The second-order valence-corrected chi connectivity index (χ2v) is 5.93. The number of hydrazine groups is 1. The van der Waals surface area contributed by atoms with Crippen LogP contribution < -0.4 is 10.7 Å². The summed E-state index contributed by atoms with van der Waals surface area (Å²) < 4.78 is 1.40.